The predicted octanol–water partition coefficient (Wildman–Crippen LogP) is 2.73. The monoisotopic (exact) mass is 317 g/mol. The number of carbonyl (C=O) groups is 1. The van der Waals surface area contributed by atoms with Crippen LogP contribution in [0.2, 0.25) is 0 Å². The summed E-state index contributed by atoms with van der Waals surface area (Å²) in [4.78, 5) is 11.6. The highest BCUT2D eigenvalue weighted by Crippen LogP contribution is 2.22. The fourth-order valence-electron chi connectivity index (χ4n) is 2.93. The van der Waals surface area contributed by atoms with E-state index in [9.17, 15) is 4.79 Å². The summed E-state index contributed by atoms with van der Waals surface area (Å²) in [5.74, 6) is 0. The number of hydrogen-bond donors (Lipinski definition) is 3. The Hall–Kier alpha value is -1.65. The molecule has 0 heterocycles. The zero-order chi connectivity index (χ0) is 17.1. The molecule has 0 aromatic rings. The largest absolute Gasteiger partial charge is 0.384 e. The topological polar surface area (TPSA) is 81.1 Å². The van der Waals surface area contributed by atoms with Gasteiger partial charge in [-0.15, -0.1) is 0 Å². The van der Waals surface area contributed by atoms with Gasteiger partial charge in [0.15, 0.2) is 0 Å². The fraction of sp³-hybridized carbons (Fsp3) is 0.526. The van der Waals surface area contributed by atoms with E-state index in [0.29, 0.717) is 24.6 Å². The maximum atomic E-state index is 11.6. The quantitative estimate of drug-likeness (QED) is 0.347. The molecule has 1 aliphatic rings. The normalized spacial score (nSPS) is 20.3. The summed E-state index contributed by atoms with van der Waals surface area (Å²) in [6.45, 7) is 5.79. The molecule has 23 heavy (non-hydrogen) atoms. The van der Waals surface area contributed by atoms with Gasteiger partial charge in [0.1, 0.15) is 6.29 Å². The van der Waals surface area contributed by atoms with Gasteiger partial charge in [0.25, 0.3) is 0 Å². The van der Waals surface area contributed by atoms with E-state index in [1.807, 2.05) is 31.2 Å². The molecule has 5 N–H and O–H groups in total. The molecule has 0 aliphatic heterocycles. The first-order valence-electron chi connectivity index (χ1n) is 8.43. The van der Waals surface area contributed by atoms with Crippen molar-refractivity contribution in [2.45, 2.75) is 57.0 Å². The highest BCUT2D eigenvalue weighted by Gasteiger charge is 2.26. The molecule has 0 spiro atoms. The summed E-state index contributed by atoms with van der Waals surface area (Å²) in [7, 11) is 0. The zero-order valence-corrected chi connectivity index (χ0v) is 14.3. The summed E-state index contributed by atoms with van der Waals surface area (Å²) in [6.07, 6.45) is 16.7. The lowest BCUT2D eigenvalue weighted by molar-refractivity contribution is -0.105. The molecule has 0 aromatic carbocycles. The molecular formula is C19H31N3O. The van der Waals surface area contributed by atoms with Crippen LogP contribution in [0, 0.1) is 0 Å². The number of hydrogen-bond acceptors (Lipinski definition) is 4. The molecule has 0 aromatic heterocycles. The Labute approximate surface area is 140 Å². The summed E-state index contributed by atoms with van der Waals surface area (Å²) < 4.78 is 0. The van der Waals surface area contributed by atoms with E-state index in [4.69, 9.17) is 11.5 Å². The van der Waals surface area contributed by atoms with Gasteiger partial charge in [-0.3, -0.25) is 4.79 Å². The maximum absolute atomic E-state index is 11.6. The van der Waals surface area contributed by atoms with Crippen LogP contribution in [0.5, 0.6) is 0 Å². The number of nitrogens with one attached hydrogen (secondary N) is 1. The second-order valence-corrected chi connectivity index (χ2v) is 6.36. The Bertz CT molecular complexity index is 469. The van der Waals surface area contributed by atoms with Gasteiger partial charge in [0.2, 0.25) is 0 Å². The van der Waals surface area contributed by atoms with Crippen molar-refractivity contribution in [1.29, 1.82) is 0 Å². The molecule has 1 rings (SSSR count). The van der Waals surface area contributed by atoms with Gasteiger partial charge in [-0.1, -0.05) is 56.2 Å². The molecule has 0 amide bonds. The van der Waals surface area contributed by atoms with Crippen LogP contribution >= 0.6 is 0 Å². The summed E-state index contributed by atoms with van der Waals surface area (Å²) in [5.41, 5.74) is 12.9. The van der Waals surface area contributed by atoms with E-state index in [2.05, 4.69) is 11.9 Å². The van der Waals surface area contributed by atoms with Crippen LogP contribution in [0.1, 0.15) is 45.4 Å². The van der Waals surface area contributed by atoms with Gasteiger partial charge in [-0.2, -0.15) is 0 Å². The van der Waals surface area contributed by atoms with Gasteiger partial charge in [-0.25, -0.2) is 0 Å². The molecule has 128 valence electrons. The van der Waals surface area contributed by atoms with Gasteiger partial charge in [-0.05, 0) is 26.2 Å². The Morgan fingerprint density at radius 2 is 1.96 bits per heavy atom. The third kappa shape index (κ3) is 6.55. The highest BCUT2D eigenvalue weighted by atomic mass is 16.1. The standard InChI is InChI=1S/C19H31N3O/c1-3-4-5-6-10-13-19(2,21)17(15-23)18(14-20)22-16-11-8-7-9-12-16/h3-6,10,15-16,22H,1,7-9,11-14,20-21H2,2H3/b5-4-,10-6-,18-17-. The molecule has 1 atom stereocenters. The Balaban J connectivity index is 2.84. The number of rotatable bonds is 9. The predicted molar refractivity (Wildman–Crippen MR) is 97.8 cm³/mol. The first kappa shape index (κ1) is 19.4. The van der Waals surface area contributed by atoms with E-state index in [0.717, 1.165) is 24.8 Å². The van der Waals surface area contributed by atoms with Crippen LogP contribution in [-0.2, 0) is 4.79 Å². The average molecular weight is 317 g/mol. The van der Waals surface area contributed by atoms with Crippen molar-refractivity contribution in [2.75, 3.05) is 6.54 Å². The van der Waals surface area contributed by atoms with Gasteiger partial charge < -0.3 is 16.8 Å². The molecule has 0 saturated heterocycles. The van der Waals surface area contributed by atoms with Gasteiger partial charge in [0.05, 0.1) is 0 Å². The van der Waals surface area contributed by atoms with Crippen LogP contribution in [0.3, 0.4) is 0 Å². The first-order valence-corrected chi connectivity index (χ1v) is 8.43. The summed E-state index contributed by atoms with van der Waals surface area (Å²) in [5, 5.41) is 3.47. The Kier molecular flexibility index (Phi) is 8.59. The van der Waals surface area contributed by atoms with Gasteiger partial charge in [0, 0.05) is 29.4 Å². The minimum atomic E-state index is -0.739. The molecule has 1 unspecified atom stereocenters. The molecule has 0 radical (unpaired) electrons. The SMILES string of the molecule is C=C/C=C\C=C/CC(C)(N)/C(C=O)=C(/CN)NC1CCCCC1. The average Bonchev–Trinajstić information content (AvgIpc) is 2.55. The zero-order valence-electron chi connectivity index (χ0n) is 14.3. The molecule has 1 saturated carbocycles. The lowest BCUT2D eigenvalue weighted by Crippen LogP contribution is -2.43. The van der Waals surface area contributed by atoms with Crippen molar-refractivity contribution in [3.63, 3.8) is 0 Å². The fourth-order valence-corrected chi connectivity index (χ4v) is 2.93. The van der Waals surface area contributed by atoms with Crippen molar-refractivity contribution in [3.05, 3.63) is 48.2 Å². The molecule has 1 fully saturated rings. The van der Waals surface area contributed by atoms with Crippen molar-refractivity contribution in [1.82, 2.24) is 5.32 Å². The van der Waals surface area contributed by atoms with Crippen molar-refractivity contribution in [3.8, 4) is 0 Å². The second-order valence-electron chi connectivity index (χ2n) is 6.36. The lowest BCUT2D eigenvalue weighted by atomic mass is 9.87. The van der Waals surface area contributed by atoms with Crippen LogP contribution in [0.4, 0.5) is 0 Å². The second kappa shape index (κ2) is 10.2. The number of aldehydes is 1. The van der Waals surface area contributed by atoms with E-state index >= 15 is 0 Å². The Morgan fingerprint density at radius 3 is 2.52 bits per heavy atom. The van der Waals surface area contributed by atoms with Crippen LogP contribution in [0.15, 0.2) is 48.2 Å². The lowest BCUT2D eigenvalue weighted by Gasteiger charge is -2.30. The molecule has 4 heteroatoms. The Morgan fingerprint density at radius 1 is 1.26 bits per heavy atom. The van der Waals surface area contributed by atoms with Crippen molar-refractivity contribution in [2.24, 2.45) is 11.5 Å². The maximum Gasteiger partial charge on any atom is 0.149 e. The van der Waals surface area contributed by atoms with Crippen molar-refractivity contribution < 1.29 is 4.79 Å². The molecular weight excluding hydrogens is 286 g/mol. The van der Waals surface area contributed by atoms with E-state index in [1.165, 1.54) is 19.3 Å². The third-order valence-electron chi connectivity index (χ3n) is 4.28. The van der Waals surface area contributed by atoms with Crippen molar-refractivity contribution >= 4 is 6.29 Å². The smallest absolute Gasteiger partial charge is 0.149 e. The number of carbonyl (C=O) groups excluding carboxylic acids is 1. The molecule has 0 bridgehead atoms. The minimum Gasteiger partial charge on any atom is -0.384 e. The van der Waals surface area contributed by atoms with E-state index in [1.54, 1.807) is 6.08 Å². The van der Waals surface area contributed by atoms with Crippen LogP contribution < -0.4 is 16.8 Å². The summed E-state index contributed by atoms with van der Waals surface area (Å²) in [6, 6.07) is 0.402. The molecule has 4 nitrogen and oxygen atoms in total. The number of allylic oxidation sites excluding steroid dienone is 4. The van der Waals surface area contributed by atoms with E-state index in [-0.39, 0.29) is 0 Å². The summed E-state index contributed by atoms with van der Waals surface area (Å²) >= 11 is 0. The first-order chi connectivity index (χ1) is 11.0. The number of nitrogens with two attached hydrogens (primary N) is 2. The highest BCUT2D eigenvalue weighted by molar-refractivity contribution is 5.78. The minimum absolute atomic E-state index is 0.303. The van der Waals surface area contributed by atoms with Gasteiger partial charge >= 0.3 is 0 Å². The van der Waals surface area contributed by atoms with E-state index < -0.39 is 5.54 Å². The van der Waals surface area contributed by atoms with Crippen LogP contribution in [0.25, 0.3) is 0 Å². The third-order valence-corrected chi connectivity index (χ3v) is 4.28. The molecule has 1 aliphatic carbocycles. The van der Waals surface area contributed by atoms with Crippen LogP contribution in [-0.4, -0.2) is 24.4 Å².